The molecule has 0 aromatic carbocycles. The molecule has 1 atom stereocenters. The number of anilines is 1. The van der Waals surface area contributed by atoms with Crippen molar-refractivity contribution in [1.82, 2.24) is 5.32 Å². The smallest absolute Gasteiger partial charge is 0.303 e. The van der Waals surface area contributed by atoms with E-state index in [0.29, 0.717) is 22.9 Å². The molecule has 3 rings (SSSR count). The Kier molecular flexibility index (Phi) is 6.12. The van der Waals surface area contributed by atoms with Crippen LogP contribution in [0.5, 0.6) is 0 Å². The lowest BCUT2D eigenvalue weighted by Gasteiger charge is -2.33. The van der Waals surface area contributed by atoms with Crippen LogP contribution in [-0.4, -0.2) is 28.9 Å². The predicted octanol–water partition coefficient (Wildman–Crippen LogP) is 3.98. The van der Waals surface area contributed by atoms with Gasteiger partial charge in [-0.25, -0.2) is 0 Å². The zero-order valence-electron chi connectivity index (χ0n) is 16.9. The fraction of sp³-hybridized carbons (Fsp3) is 0.667. The van der Waals surface area contributed by atoms with Gasteiger partial charge in [0.2, 0.25) is 5.91 Å². The zero-order valence-corrected chi connectivity index (χ0v) is 17.7. The highest BCUT2D eigenvalue weighted by Gasteiger charge is 2.35. The number of carboxylic acid groups (broad SMARTS) is 1. The van der Waals surface area contributed by atoms with E-state index in [4.69, 9.17) is 5.11 Å². The second-order valence-corrected chi connectivity index (χ2v) is 10.2. The molecule has 7 heteroatoms. The van der Waals surface area contributed by atoms with E-state index in [1.165, 1.54) is 16.2 Å². The quantitative estimate of drug-likeness (QED) is 0.638. The van der Waals surface area contributed by atoms with E-state index >= 15 is 0 Å². The first-order valence-corrected chi connectivity index (χ1v) is 10.9. The van der Waals surface area contributed by atoms with Gasteiger partial charge in [-0.2, -0.15) is 0 Å². The maximum atomic E-state index is 12.9. The summed E-state index contributed by atoms with van der Waals surface area (Å²) in [7, 11) is 0. The maximum absolute atomic E-state index is 12.9. The van der Waals surface area contributed by atoms with Crippen molar-refractivity contribution in [2.45, 2.75) is 78.2 Å². The zero-order chi connectivity index (χ0) is 20.5. The highest BCUT2D eigenvalue weighted by Crippen LogP contribution is 2.44. The largest absolute Gasteiger partial charge is 0.481 e. The van der Waals surface area contributed by atoms with Crippen LogP contribution < -0.4 is 10.6 Å². The Morgan fingerprint density at radius 1 is 1.14 bits per heavy atom. The molecule has 2 amide bonds. The van der Waals surface area contributed by atoms with Gasteiger partial charge in [0.05, 0.1) is 5.56 Å². The minimum absolute atomic E-state index is 0.0311. The second-order valence-electron chi connectivity index (χ2n) is 9.06. The third-order valence-corrected chi connectivity index (χ3v) is 6.85. The van der Waals surface area contributed by atoms with Crippen LogP contribution in [0.4, 0.5) is 5.00 Å². The van der Waals surface area contributed by atoms with E-state index in [1.807, 2.05) is 0 Å². The Bertz CT molecular complexity index is 774. The molecule has 0 aliphatic heterocycles. The van der Waals surface area contributed by atoms with Crippen LogP contribution in [-0.2, 0) is 22.4 Å². The van der Waals surface area contributed by atoms with Gasteiger partial charge in [-0.05, 0) is 55.4 Å². The van der Waals surface area contributed by atoms with E-state index in [0.717, 1.165) is 37.7 Å². The van der Waals surface area contributed by atoms with E-state index < -0.39 is 5.97 Å². The van der Waals surface area contributed by atoms with Crippen molar-refractivity contribution in [3.8, 4) is 0 Å². The van der Waals surface area contributed by atoms with Gasteiger partial charge in [-0.15, -0.1) is 11.3 Å². The summed E-state index contributed by atoms with van der Waals surface area (Å²) in [6.07, 6.45) is 5.27. The minimum Gasteiger partial charge on any atom is -0.481 e. The Morgan fingerprint density at radius 3 is 2.46 bits per heavy atom. The molecular formula is C21H30N2O4S. The molecule has 1 unspecified atom stereocenters. The predicted molar refractivity (Wildman–Crippen MR) is 110 cm³/mol. The van der Waals surface area contributed by atoms with Crippen LogP contribution >= 0.6 is 11.3 Å². The number of fused-ring (bicyclic) bond motifs is 1. The first-order valence-electron chi connectivity index (χ1n) is 10.1. The Morgan fingerprint density at radius 2 is 1.86 bits per heavy atom. The molecule has 2 aliphatic carbocycles. The molecule has 1 fully saturated rings. The first-order chi connectivity index (χ1) is 13.1. The highest BCUT2D eigenvalue weighted by atomic mass is 32.1. The number of rotatable bonds is 7. The number of carbonyl (C=O) groups is 3. The van der Waals surface area contributed by atoms with E-state index in [-0.39, 0.29) is 36.1 Å². The molecule has 0 radical (unpaired) electrons. The summed E-state index contributed by atoms with van der Waals surface area (Å²) in [5.41, 5.74) is 1.92. The van der Waals surface area contributed by atoms with Crippen molar-refractivity contribution in [2.75, 3.05) is 5.32 Å². The topological polar surface area (TPSA) is 95.5 Å². The average Bonchev–Trinajstić information content (AvgIpc) is 3.31. The van der Waals surface area contributed by atoms with Crippen molar-refractivity contribution >= 4 is 34.1 Å². The summed E-state index contributed by atoms with van der Waals surface area (Å²) in [5.74, 6) is -0.669. The highest BCUT2D eigenvalue weighted by molar-refractivity contribution is 7.17. The molecule has 6 nitrogen and oxygen atoms in total. The summed E-state index contributed by atoms with van der Waals surface area (Å²) in [6.45, 7) is 6.76. The van der Waals surface area contributed by atoms with Crippen LogP contribution in [0.2, 0.25) is 0 Å². The molecule has 0 saturated heterocycles. The van der Waals surface area contributed by atoms with Gasteiger partial charge in [0, 0.05) is 23.8 Å². The Hall–Kier alpha value is -1.89. The van der Waals surface area contributed by atoms with Crippen molar-refractivity contribution in [3.05, 3.63) is 16.0 Å². The SMILES string of the molecule is CC(C)(C)C1CCc2c(sc(NC(=O)CCCC(=O)O)c2C(=O)NC2CC2)C1. The molecule has 3 N–H and O–H groups in total. The normalized spacial score (nSPS) is 19.0. The molecular weight excluding hydrogens is 376 g/mol. The maximum Gasteiger partial charge on any atom is 0.303 e. The van der Waals surface area contributed by atoms with Gasteiger partial charge in [-0.1, -0.05) is 20.8 Å². The summed E-state index contributed by atoms with van der Waals surface area (Å²) in [5, 5.41) is 15.3. The van der Waals surface area contributed by atoms with E-state index in [1.54, 1.807) is 0 Å². The number of hydrogen-bond donors (Lipinski definition) is 3. The van der Waals surface area contributed by atoms with E-state index in [9.17, 15) is 14.4 Å². The number of thiophene rings is 1. The van der Waals surface area contributed by atoms with Crippen molar-refractivity contribution in [1.29, 1.82) is 0 Å². The average molecular weight is 407 g/mol. The van der Waals surface area contributed by atoms with Gasteiger partial charge < -0.3 is 15.7 Å². The van der Waals surface area contributed by atoms with Crippen molar-refractivity contribution < 1.29 is 19.5 Å². The van der Waals surface area contributed by atoms with Crippen LogP contribution in [0.15, 0.2) is 0 Å². The molecule has 1 aromatic rings. The molecule has 0 spiro atoms. The molecule has 1 heterocycles. The molecule has 154 valence electrons. The lowest BCUT2D eigenvalue weighted by molar-refractivity contribution is -0.137. The third-order valence-electron chi connectivity index (χ3n) is 5.68. The number of carboxylic acids is 1. The second kappa shape index (κ2) is 8.23. The van der Waals surface area contributed by atoms with Gasteiger partial charge in [0.1, 0.15) is 5.00 Å². The summed E-state index contributed by atoms with van der Waals surface area (Å²) in [4.78, 5) is 37.0. The number of amides is 2. The monoisotopic (exact) mass is 406 g/mol. The van der Waals surface area contributed by atoms with Gasteiger partial charge in [0.15, 0.2) is 0 Å². The third kappa shape index (κ3) is 5.13. The fourth-order valence-corrected chi connectivity index (χ4v) is 5.07. The van der Waals surface area contributed by atoms with Crippen molar-refractivity contribution in [3.63, 3.8) is 0 Å². The Labute approximate surface area is 170 Å². The van der Waals surface area contributed by atoms with E-state index in [2.05, 4.69) is 31.4 Å². The van der Waals surface area contributed by atoms with Gasteiger partial charge >= 0.3 is 5.97 Å². The molecule has 2 aliphatic rings. The molecule has 28 heavy (non-hydrogen) atoms. The first kappa shape index (κ1) is 20.8. The molecule has 1 saturated carbocycles. The molecule has 0 bridgehead atoms. The van der Waals surface area contributed by atoms with Crippen LogP contribution in [0.3, 0.4) is 0 Å². The Balaban J connectivity index is 1.79. The van der Waals surface area contributed by atoms with Gasteiger partial charge in [0.25, 0.3) is 5.91 Å². The fourth-order valence-electron chi connectivity index (χ4n) is 3.73. The minimum atomic E-state index is -0.905. The number of hydrogen-bond acceptors (Lipinski definition) is 4. The summed E-state index contributed by atoms with van der Waals surface area (Å²) in [6, 6.07) is 0.257. The summed E-state index contributed by atoms with van der Waals surface area (Å²) >= 11 is 1.52. The summed E-state index contributed by atoms with van der Waals surface area (Å²) < 4.78 is 0. The number of aliphatic carboxylic acids is 1. The van der Waals surface area contributed by atoms with Crippen molar-refractivity contribution in [2.24, 2.45) is 11.3 Å². The van der Waals surface area contributed by atoms with Crippen LogP contribution in [0, 0.1) is 11.3 Å². The van der Waals surface area contributed by atoms with Crippen LogP contribution in [0.25, 0.3) is 0 Å². The van der Waals surface area contributed by atoms with Crippen LogP contribution in [0.1, 0.15) is 80.1 Å². The lowest BCUT2D eigenvalue weighted by atomic mass is 9.72. The van der Waals surface area contributed by atoms with Gasteiger partial charge in [-0.3, -0.25) is 14.4 Å². The number of nitrogens with one attached hydrogen (secondary N) is 2. The number of carbonyl (C=O) groups excluding carboxylic acids is 2. The standard InChI is InChI=1S/C21H30N2O4S/c1-21(2,3)12-7-10-14-15(11-12)28-20(18(14)19(27)22-13-8-9-13)23-16(24)5-4-6-17(25)26/h12-13H,4-11H2,1-3H3,(H,22,27)(H,23,24)(H,25,26). The lowest BCUT2D eigenvalue weighted by Crippen LogP contribution is -2.29. The molecule has 1 aromatic heterocycles.